The Hall–Kier alpha value is -0.120. The molecule has 3 heteroatoms. The van der Waals surface area contributed by atoms with Crippen LogP contribution in [0.3, 0.4) is 0 Å². The molecule has 0 aromatic carbocycles. The van der Waals surface area contributed by atoms with Crippen molar-refractivity contribution < 1.29 is 15.3 Å². The van der Waals surface area contributed by atoms with Gasteiger partial charge in [-0.25, -0.2) is 0 Å². The molecule has 0 fully saturated rings. The van der Waals surface area contributed by atoms with Crippen molar-refractivity contribution in [1.82, 2.24) is 0 Å². The molecule has 12 heavy (non-hydrogen) atoms. The molecule has 3 nitrogen and oxygen atoms in total. The van der Waals surface area contributed by atoms with E-state index in [1.165, 1.54) is 0 Å². The summed E-state index contributed by atoms with van der Waals surface area (Å²) in [5, 5.41) is 28.8. The second-order valence-electron chi connectivity index (χ2n) is 3.28. The van der Waals surface area contributed by atoms with Gasteiger partial charge in [0.05, 0.1) is 12.2 Å². The molecule has 0 spiro atoms. The molecule has 0 heterocycles. The summed E-state index contributed by atoms with van der Waals surface area (Å²) >= 11 is 0. The van der Waals surface area contributed by atoms with Gasteiger partial charge in [-0.1, -0.05) is 20.8 Å². The van der Waals surface area contributed by atoms with Gasteiger partial charge in [0.1, 0.15) is 5.60 Å². The maximum absolute atomic E-state index is 9.94. The highest BCUT2D eigenvalue weighted by molar-refractivity contribution is 4.96. The molecule has 0 rings (SSSR count). The second-order valence-corrected chi connectivity index (χ2v) is 3.28. The summed E-state index contributed by atoms with van der Waals surface area (Å²) in [4.78, 5) is 0. The van der Waals surface area contributed by atoms with E-state index in [0.29, 0.717) is 19.3 Å². The maximum atomic E-state index is 9.94. The van der Waals surface area contributed by atoms with E-state index in [0.717, 1.165) is 0 Å². The average Bonchev–Trinajstić information content (AvgIpc) is 2.15. The molecule has 0 aliphatic heterocycles. The fraction of sp³-hybridized carbons (Fsp3) is 1.00. The Bertz CT molecular complexity index is 110. The quantitative estimate of drug-likeness (QED) is 0.577. The van der Waals surface area contributed by atoms with Crippen molar-refractivity contribution in [2.45, 2.75) is 51.2 Å². The Labute approximate surface area is 74.0 Å². The van der Waals surface area contributed by atoms with Gasteiger partial charge >= 0.3 is 0 Å². The maximum Gasteiger partial charge on any atom is 0.116 e. The zero-order valence-corrected chi connectivity index (χ0v) is 8.17. The van der Waals surface area contributed by atoms with Crippen LogP contribution in [0.4, 0.5) is 0 Å². The van der Waals surface area contributed by atoms with Crippen molar-refractivity contribution in [2.24, 2.45) is 0 Å². The first kappa shape index (κ1) is 11.9. The van der Waals surface area contributed by atoms with Crippen LogP contribution in [-0.4, -0.2) is 33.1 Å². The molecule has 0 saturated heterocycles. The molecule has 0 aromatic heterocycles. The Morgan fingerprint density at radius 2 is 1.17 bits per heavy atom. The molecule has 0 radical (unpaired) electrons. The lowest BCUT2D eigenvalue weighted by atomic mass is 9.77. The van der Waals surface area contributed by atoms with E-state index in [1.807, 2.05) is 0 Å². The highest BCUT2D eigenvalue weighted by atomic mass is 16.4. The molecule has 3 N–H and O–H groups in total. The van der Waals surface area contributed by atoms with Crippen molar-refractivity contribution >= 4 is 0 Å². The van der Waals surface area contributed by atoms with Gasteiger partial charge in [-0.05, 0) is 19.3 Å². The summed E-state index contributed by atoms with van der Waals surface area (Å²) in [6.45, 7) is 4.98. The molecule has 1 unspecified atom stereocenters. The molecule has 0 aliphatic carbocycles. The van der Waals surface area contributed by atoms with Gasteiger partial charge in [0.2, 0.25) is 0 Å². The predicted octanol–water partition coefficient (Wildman–Crippen LogP) is 0.671. The summed E-state index contributed by atoms with van der Waals surface area (Å²) in [5.41, 5.74) is -2.51. The van der Waals surface area contributed by atoms with E-state index in [2.05, 4.69) is 0 Å². The van der Waals surface area contributed by atoms with Crippen LogP contribution in [0.1, 0.15) is 40.0 Å². The molecular weight excluding hydrogens is 156 g/mol. The highest BCUT2D eigenvalue weighted by Gasteiger charge is 2.44. The zero-order valence-electron chi connectivity index (χ0n) is 8.17. The van der Waals surface area contributed by atoms with Crippen molar-refractivity contribution in [3.63, 3.8) is 0 Å². The molecule has 0 aromatic rings. The van der Waals surface area contributed by atoms with Crippen LogP contribution >= 0.6 is 0 Å². The molecule has 0 amide bonds. The van der Waals surface area contributed by atoms with Crippen molar-refractivity contribution in [1.29, 1.82) is 0 Å². The minimum Gasteiger partial charge on any atom is -0.393 e. The van der Waals surface area contributed by atoms with Crippen LogP contribution in [-0.2, 0) is 0 Å². The van der Waals surface area contributed by atoms with E-state index in [9.17, 15) is 10.2 Å². The minimum atomic E-state index is -1.35. The standard InChI is InChI=1S/C9H20O3/c1-4-8(11,5-2)9(12,6-3)7-10/h10-12H,4-7H2,1-3H3. The summed E-state index contributed by atoms with van der Waals surface area (Å²) in [6, 6.07) is 0. The first-order valence-corrected chi connectivity index (χ1v) is 4.55. The van der Waals surface area contributed by atoms with Gasteiger partial charge in [0, 0.05) is 0 Å². The fourth-order valence-electron chi connectivity index (χ4n) is 1.50. The van der Waals surface area contributed by atoms with E-state index >= 15 is 0 Å². The average molecular weight is 176 g/mol. The summed E-state index contributed by atoms with van der Waals surface area (Å²) in [6.07, 6.45) is 1.27. The van der Waals surface area contributed by atoms with Crippen LogP contribution in [0.5, 0.6) is 0 Å². The summed E-state index contributed by atoms with van der Waals surface area (Å²) in [7, 11) is 0. The first-order chi connectivity index (χ1) is 5.49. The topological polar surface area (TPSA) is 60.7 Å². The lowest BCUT2D eigenvalue weighted by Gasteiger charge is -2.41. The van der Waals surface area contributed by atoms with Gasteiger partial charge in [0.15, 0.2) is 0 Å². The third-order valence-corrected chi connectivity index (χ3v) is 2.88. The van der Waals surface area contributed by atoms with Crippen LogP contribution in [0.25, 0.3) is 0 Å². The van der Waals surface area contributed by atoms with E-state index in [4.69, 9.17) is 5.11 Å². The normalized spacial score (nSPS) is 17.5. The Morgan fingerprint density at radius 1 is 0.833 bits per heavy atom. The summed E-state index contributed by atoms with van der Waals surface area (Å²) < 4.78 is 0. The lowest BCUT2D eigenvalue weighted by molar-refractivity contribution is -0.176. The van der Waals surface area contributed by atoms with E-state index < -0.39 is 11.2 Å². The Kier molecular flexibility index (Phi) is 4.17. The molecular formula is C9H20O3. The first-order valence-electron chi connectivity index (χ1n) is 4.55. The van der Waals surface area contributed by atoms with Gasteiger partial charge in [-0.15, -0.1) is 0 Å². The Morgan fingerprint density at radius 3 is 1.25 bits per heavy atom. The monoisotopic (exact) mass is 176 g/mol. The SMILES string of the molecule is CCC(O)(CC)C(O)(CC)CO. The summed E-state index contributed by atoms with van der Waals surface area (Å²) in [5.74, 6) is 0. The van der Waals surface area contributed by atoms with Crippen LogP contribution in [0.2, 0.25) is 0 Å². The van der Waals surface area contributed by atoms with Crippen LogP contribution in [0, 0.1) is 0 Å². The van der Waals surface area contributed by atoms with Crippen molar-refractivity contribution in [2.75, 3.05) is 6.61 Å². The van der Waals surface area contributed by atoms with Gasteiger partial charge < -0.3 is 15.3 Å². The minimum absolute atomic E-state index is 0.363. The largest absolute Gasteiger partial charge is 0.393 e. The van der Waals surface area contributed by atoms with Crippen molar-refractivity contribution in [3.05, 3.63) is 0 Å². The molecule has 0 aliphatic rings. The van der Waals surface area contributed by atoms with Crippen LogP contribution in [0.15, 0.2) is 0 Å². The molecule has 0 bridgehead atoms. The number of aliphatic hydroxyl groups excluding tert-OH is 1. The lowest BCUT2D eigenvalue weighted by Crippen LogP contribution is -2.55. The molecule has 1 atom stereocenters. The van der Waals surface area contributed by atoms with E-state index in [-0.39, 0.29) is 6.61 Å². The number of hydrogen-bond donors (Lipinski definition) is 3. The van der Waals surface area contributed by atoms with Crippen LogP contribution < -0.4 is 0 Å². The predicted molar refractivity (Wildman–Crippen MR) is 47.9 cm³/mol. The van der Waals surface area contributed by atoms with Gasteiger partial charge in [-0.2, -0.15) is 0 Å². The zero-order chi connectivity index (χ0) is 9.83. The fourth-order valence-corrected chi connectivity index (χ4v) is 1.50. The number of hydrogen-bond acceptors (Lipinski definition) is 3. The number of rotatable bonds is 5. The number of aliphatic hydroxyl groups is 3. The molecule has 0 saturated carbocycles. The smallest absolute Gasteiger partial charge is 0.116 e. The van der Waals surface area contributed by atoms with Gasteiger partial charge in [0.25, 0.3) is 0 Å². The molecule has 74 valence electrons. The van der Waals surface area contributed by atoms with Gasteiger partial charge in [-0.3, -0.25) is 0 Å². The highest BCUT2D eigenvalue weighted by Crippen LogP contribution is 2.31. The second kappa shape index (κ2) is 4.21. The van der Waals surface area contributed by atoms with Crippen molar-refractivity contribution in [3.8, 4) is 0 Å². The van der Waals surface area contributed by atoms with E-state index in [1.54, 1.807) is 20.8 Å². The third kappa shape index (κ3) is 1.79. The third-order valence-electron chi connectivity index (χ3n) is 2.88. The Balaban J connectivity index is 4.66.